The van der Waals surface area contributed by atoms with Gasteiger partial charge in [-0.3, -0.25) is 0 Å². The molecular weight excluding hydrogens is 240 g/mol. The Morgan fingerprint density at radius 3 is 3.07 bits per heavy atom. The fourth-order valence-corrected chi connectivity index (χ4v) is 2.16. The lowest BCUT2D eigenvalue weighted by molar-refractivity contribution is 0.243. The van der Waals surface area contributed by atoms with Crippen LogP contribution in [0.3, 0.4) is 0 Å². The lowest BCUT2D eigenvalue weighted by Crippen LogP contribution is -2.22. The van der Waals surface area contributed by atoms with Gasteiger partial charge in [0.15, 0.2) is 0 Å². The monoisotopic (exact) mass is 252 g/mol. The minimum absolute atomic E-state index is 0.462. The highest BCUT2D eigenvalue weighted by atomic mass is 79.9. The average Bonchev–Trinajstić information content (AvgIpc) is 2.27. The molecule has 14 heavy (non-hydrogen) atoms. The summed E-state index contributed by atoms with van der Waals surface area (Å²) in [5.41, 5.74) is 2.52. The average molecular weight is 253 g/mol. The molecule has 0 aromatic heterocycles. The molecule has 0 bridgehead atoms. The van der Waals surface area contributed by atoms with Crippen molar-refractivity contribution >= 4 is 15.9 Å². The molecule has 0 spiro atoms. The molecule has 0 aliphatic carbocycles. The lowest BCUT2D eigenvalue weighted by Gasteiger charge is -2.26. The molecule has 0 fully saturated rings. The highest BCUT2D eigenvalue weighted by molar-refractivity contribution is 9.09. The number of halogens is 1. The molecule has 0 amide bonds. The van der Waals surface area contributed by atoms with Crippen LogP contribution in [0.15, 0.2) is 36.4 Å². The minimum atomic E-state index is 0.462. The summed E-state index contributed by atoms with van der Waals surface area (Å²) < 4.78 is 5.68. The van der Waals surface area contributed by atoms with Crippen molar-refractivity contribution < 1.29 is 4.74 Å². The predicted molar refractivity (Wildman–Crippen MR) is 62.1 cm³/mol. The number of para-hydroxylation sites is 1. The Labute approximate surface area is 92.9 Å². The molecule has 1 atom stereocenters. The zero-order valence-electron chi connectivity index (χ0n) is 8.00. The summed E-state index contributed by atoms with van der Waals surface area (Å²) in [6.07, 6.45) is 1.06. The maximum atomic E-state index is 5.68. The summed E-state index contributed by atoms with van der Waals surface area (Å²) in [6.45, 7) is 4.81. The standard InChI is InChI=1S/C12H13BrO/c1-9(7-13)11-6-10-4-2-3-5-12(10)14-8-11/h2-5,11H,1,6-8H2. The van der Waals surface area contributed by atoms with E-state index in [1.165, 1.54) is 11.1 Å². The fraction of sp³-hybridized carbons (Fsp3) is 0.333. The van der Waals surface area contributed by atoms with Crippen LogP contribution in [0.5, 0.6) is 5.75 Å². The van der Waals surface area contributed by atoms with E-state index >= 15 is 0 Å². The summed E-state index contributed by atoms with van der Waals surface area (Å²) in [4.78, 5) is 0. The Morgan fingerprint density at radius 2 is 2.29 bits per heavy atom. The maximum Gasteiger partial charge on any atom is 0.122 e. The van der Waals surface area contributed by atoms with Crippen LogP contribution in [-0.2, 0) is 6.42 Å². The van der Waals surface area contributed by atoms with Crippen molar-refractivity contribution in [2.24, 2.45) is 5.92 Å². The van der Waals surface area contributed by atoms with Crippen LogP contribution in [0.2, 0.25) is 0 Å². The molecule has 1 aromatic rings. The minimum Gasteiger partial charge on any atom is -0.493 e. The van der Waals surface area contributed by atoms with Crippen molar-refractivity contribution in [2.45, 2.75) is 6.42 Å². The molecule has 1 heterocycles. The quantitative estimate of drug-likeness (QED) is 0.581. The first-order chi connectivity index (χ1) is 6.81. The van der Waals surface area contributed by atoms with Gasteiger partial charge in [-0.25, -0.2) is 0 Å². The number of rotatable bonds is 2. The van der Waals surface area contributed by atoms with Gasteiger partial charge in [0.05, 0.1) is 6.61 Å². The number of hydrogen-bond acceptors (Lipinski definition) is 1. The Balaban J connectivity index is 2.17. The van der Waals surface area contributed by atoms with E-state index < -0.39 is 0 Å². The molecule has 1 aliphatic rings. The Morgan fingerprint density at radius 1 is 1.50 bits per heavy atom. The second-order valence-electron chi connectivity index (χ2n) is 3.61. The third kappa shape index (κ3) is 1.85. The van der Waals surface area contributed by atoms with Crippen molar-refractivity contribution in [2.75, 3.05) is 11.9 Å². The van der Waals surface area contributed by atoms with Crippen LogP contribution in [-0.4, -0.2) is 11.9 Å². The molecular formula is C12H13BrO. The van der Waals surface area contributed by atoms with Gasteiger partial charge in [-0.1, -0.05) is 46.3 Å². The van der Waals surface area contributed by atoms with Gasteiger partial charge < -0.3 is 4.74 Å². The second kappa shape index (κ2) is 4.18. The van der Waals surface area contributed by atoms with E-state index in [-0.39, 0.29) is 0 Å². The van der Waals surface area contributed by atoms with Gasteiger partial charge in [0, 0.05) is 11.2 Å². The van der Waals surface area contributed by atoms with Crippen molar-refractivity contribution in [1.29, 1.82) is 0 Å². The van der Waals surface area contributed by atoms with E-state index in [1.807, 2.05) is 12.1 Å². The number of ether oxygens (including phenoxy) is 1. The summed E-state index contributed by atoms with van der Waals surface area (Å²) in [6, 6.07) is 8.23. The molecule has 74 valence electrons. The van der Waals surface area contributed by atoms with E-state index in [4.69, 9.17) is 4.74 Å². The summed E-state index contributed by atoms with van der Waals surface area (Å²) in [5, 5.41) is 0.864. The molecule has 2 rings (SSSR count). The van der Waals surface area contributed by atoms with Crippen molar-refractivity contribution in [3.05, 3.63) is 42.0 Å². The summed E-state index contributed by atoms with van der Waals surface area (Å²) >= 11 is 3.44. The van der Waals surface area contributed by atoms with E-state index in [0.717, 1.165) is 24.1 Å². The van der Waals surface area contributed by atoms with E-state index in [9.17, 15) is 0 Å². The first kappa shape index (κ1) is 9.78. The zero-order chi connectivity index (χ0) is 9.97. The largest absolute Gasteiger partial charge is 0.493 e. The topological polar surface area (TPSA) is 9.23 Å². The number of benzene rings is 1. The van der Waals surface area contributed by atoms with Gasteiger partial charge in [-0.2, -0.15) is 0 Å². The van der Waals surface area contributed by atoms with Gasteiger partial charge in [0.2, 0.25) is 0 Å². The van der Waals surface area contributed by atoms with E-state index in [0.29, 0.717) is 5.92 Å². The molecule has 0 N–H and O–H groups in total. The molecule has 1 aliphatic heterocycles. The predicted octanol–water partition coefficient (Wildman–Crippen LogP) is 3.19. The molecule has 1 nitrogen and oxygen atoms in total. The van der Waals surface area contributed by atoms with Gasteiger partial charge in [-0.05, 0) is 18.1 Å². The first-order valence-corrected chi connectivity index (χ1v) is 5.87. The van der Waals surface area contributed by atoms with Gasteiger partial charge >= 0.3 is 0 Å². The molecule has 1 unspecified atom stereocenters. The Hall–Kier alpha value is -0.760. The van der Waals surface area contributed by atoms with Crippen molar-refractivity contribution in [1.82, 2.24) is 0 Å². The van der Waals surface area contributed by atoms with Crippen LogP contribution in [0.1, 0.15) is 5.56 Å². The van der Waals surface area contributed by atoms with Crippen LogP contribution in [0.4, 0.5) is 0 Å². The summed E-state index contributed by atoms with van der Waals surface area (Å²) in [5.74, 6) is 1.50. The second-order valence-corrected chi connectivity index (χ2v) is 4.17. The van der Waals surface area contributed by atoms with Crippen molar-refractivity contribution in [3.63, 3.8) is 0 Å². The molecule has 0 saturated heterocycles. The van der Waals surface area contributed by atoms with Crippen LogP contribution in [0.25, 0.3) is 0 Å². The lowest BCUT2D eigenvalue weighted by atomic mass is 9.92. The number of hydrogen-bond donors (Lipinski definition) is 0. The van der Waals surface area contributed by atoms with E-state index in [2.05, 4.69) is 34.6 Å². The molecule has 1 aromatic carbocycles. The van der Waals surface area contributed by atoms with Crippen LogP contribution >= 0.6 is 15.9 Å². The maximum absolute atomic E-state index is 5.68. The highest BCUT2D eigenvalue weighted by Gasteiger charge is 2.20. The normalized spacial score (nSPS) is 19.6. The van der Waals surface area contributed by atoms with Crippen molar-refractivity contribution in [3.8, 4) is 5.75 Å². The first-order valence-electron chi connectivity index (χ1n) is 4.75. The summed E-state index contributed by atoms with van der Waals surface area (Å²) in [7, 11) is 0. The SMILES string of the molecule is C=C(CBr)C1COc2ccccc2C1. The molecule has 0 saturated carbocycles. The van der Waals surface area contributed by atoms with Crippen LogP contribution in [0, 0.1) is 5.92 Å². The van der Waals surface area contributed by atoms with Gasteiger partial charge in [0.1, 0.15) is 5.75 Å². The van der Waals surface area contributed by atoms with Gasteiger partial charge in [0.25, 0.3) is 0 Å². The third-order valence-electron chi connectivity index (χ3n) is 2.63. The smallest absolute Gasteiger partial charge is 0.122 e. The highest BCUT2D eigenvalue weighted by Crippen LogP contribution is 2.29. The molecule has 2 heteroatoms. The van der Waals surface area contributed by atoms with Gasteiger partial charge in [-0.15, -0.1) is 0 Å². The fourth-order valence-electron chi connectivity index (χ4n) is 1.70. The van der Waals surface area contributed by atoms with E-state index in [1.54, 1.807) is 0 Å². The van der Waals surface area contributed by atoms with Crippen LogP contribution < -0.4 is 4.74 Å². The zero-order valence-corrected chi connectivity index (χ0v) is 9.59. The Kier molecular flexibility index (Phi) is 2.92. The number of fused-ring (bicyclic) bond motifs is 1. The third-order valence-corrected chi connectivity index (χ3v) is 3.35. The Bertz CT molecular complexity index is 346. The molecule has 0 radical (unpaired) electrons. The number of alkyl halides is 1.